The highest BCUT2D eigenvalue weighted by molar-refractivity contribution is 9.10. The van der Waals surface area contributed by atoms with Crippen LogP contribution in [0.2, 0.25) is 0 Å². The maximum Gasteiger partial charge on any atom is 0.430 e. The summed E-state index contributed by atoms with van der Waals surface area (Å²) in [7, 11) is 0. The minimum Gasteiger partial charge on any atom is -0.542 e. The summed E-state index contributed by atoms with van der Waals surface area (Å²) in [6.07, 6.45) is 1.35. The number of aliphatic carboxylic acids is 1. The zero-order valence-electron chi connectivity index (χ0n) is 21.8. The molecule has 5 aromatic rings. The van der Waals surface area contributed by atoms with Crippen molar-refractivity contribution in [2.75, 3.05) is 0 Å². The lowest BCUT2D eigenvalue weighted by atomic mass is 10.2. The molecular formula is C31H25BrF3N2O2PS. The van der Waals surface area contributed by atoms with Crippen molar-refractivity contribution < 1.29 is 27.5 Å². The van der Waals surface area contributed by atoms with E-state index in [-0.39, 0.29) is 0 Å². The first-order chi connectivity index (χ1) is 19.5. The molecule has 4 nitrogen and oxygen atoms in total. The molecule has 0 radical (unpaired) electrons. The number of hydrogen-bond acceptors (Lipinski definition) is 3. The van der Waals surface area contributed by atoms with Gasteiger partial charge in [0, 0.05) is 17.5 Å². The minimum absolute atomic E-state index is 0.769. The molecule has 2 aromatic heterocycles. The molecule has 5 rings (SSSR count). The number of fused-ring (bicyclic) bond motifs is 1. The number of halogens is 4. The summed E-state index contributed by atoms with van der Waals surface area (Å²) in [6.45, 7) is 2.98. The molecule has 2 heterocycles. The SMILES string of the molecule is Cc1c(P(=S)(c2ccccc2)c2ccccc2)[n+]2ccccc2n1C/C=C/c1cccc(Br)c1.O=C([O-])C(F)(F)F. The van der Waals surface area contributed by atoms with Gasteiger partial charge in [-0.2, -0.15) is 17.6 Å². The molecule has 0 saturated heterocycles. The highest BCUT2D eigenvalue weighted by atomic mass is 79.9. The van der Waals surface area contributed by atoms with Gasteiger partial charge >= 0.3 is 6.18 Å². The van der Waals surface area contributed by atoms with Gasteiger partial charge < -0.3 is 9.90 Å². The molecule has 0 spiro atoms. The molecule has 0 aliphatic heterocycles. The van der Waals surface area contributed by atoms with Crippen LogP contribution >= 0.6 is 22.0 Å². The number of carboxylic acids is 1. The van der Waals surface area contributed by atoms with Crippen molar-refractivity contribution >= 4 is 67.5 Å². The monoisotopic (exact) mass is 656 g/mol. The number of benzene rings is 3. The van der Waals surface area contributed by atoms with E-state index in [0.29, 0.717) is 0 Å². The van der Waals surface area contributed by atoms with Crippen molar-refractivity contribution in [3.8, 4) is 0 Å². The first kappa shape index (κ1) is 30.4. The largest absolute Gasteiger partial charge is 0.542 e. The van der Waals surface area contributed by atoms with Gasteiger partial charge in [0.05, 0.1) is 12.2 Å². The molecule has 0 atom stereocenters. The minimum atomic E-state index is -5.19. The Morgan fingerprint density at radius 2 is 1.51 bits per heavy atom. The van der Waals surface area contributed by atoms with E-state index in [9.17, 15) is 13.2 Å². The molecule has 0 bridgehead atoms. The number of pyridine rings is 1. The van der Waals surface area contributed by atoms with Gasteiger partial charge in [-0.25, -0.2) is 4.57 Å². The zero-order valence-corrected chi connectivity index (χ0v) is 25.1. The lowest BCUT2D eigenvalue weighted by Gasteiger charge is -2.21. The molecule has 210 valence electrons. The van der Waals surface area contributed by atoms with Gasteiger partial charge in [-0.05, 0) is 40.4 Å². The number of aromatic nitrogens is 2. The number of rotatable bonds is 6. The lowest BCUT2D eigenvalue weighted by molar-refractivity contribution is -0.490. The van der Waals surface area contributed by atoms with Crippen molar-refractivity contribution in [1.29, 1.82) is 0 Å². The molecule has 0 amide bonds. The fourth-order valence-electron chi connectivity index (χ4n) is 4.48. The number of carboxylic acid groups (broad SMARTS) is 1. The first-order valence-electron chi connectivity index (χ1n) is 12.4. The topological polar surface area (TPSA) is 49.2 Å². The second kappa shape index (κ2) is 13.0. The summed E-state index contributed by atoms with van der Waals surface area (Å²) in [5.74, 6) is -3.01. The quantitative estimate of drug-likeness (QED) is 0.190. The Balaban J connectivity index is 0.000000493. The standard InChI is InChI=1S/C29H25BrN2PS.C2HF3O2/c1-23-29(33(34,26-15-4-2-5-16-26)27-17-6-3-7-18-27)32-20-9-8-19-28(32)31(23)21-11-13-24-12-10-14-25(30)22-24;3-2(4,5)1(6)7/h2-20,22H,21H2,1H3;(H,6,7)/q+1;/p-1/b13-11+;. The van der Waals surface area contributed by atoms with E-state index in [1.54, 1.807) is 0 Å². The normalized spacial score (nSPS) is 11.8. The van der Waals surface area contributed by atoms with Gasteiger partial charge in [0.25, 0.3) is 5.65 Å². The van der Waals surface area contributed by atoms with Crippen LogP contribution in [0.25, 0.3) is 11.7 Å². The van der Waals surface area contributed by atoms with E-state index in [4.69, 9.17) is 21.7 Å². The lowest BCUT2D eigenvalue weighted by Crippen LogP contribution is -2.42. The van der Waals surface area contributed by atoms with Crippen molar-refractivity contribution in [1.82, 2.24) is 4.57 Å². The van der Waals surface area contributed by atoms with E-state index < -0.39 is 18.2 Å². The van der Waals surface area contributed by atoms with Crippen molar-refractivity contribution in [2.24, 2.45) is 0 Å². The van der Waals surface area contributed by atoms with Crippen LogP contribution in [0.4, 0.5) is 13.2 Å². The highest BCUT2D eigenvalue weighted by Crippen LogP contribution is 2.43. The first-order valence-corrected chi connectivity index (χ1v) is 16.0. The molecule has 3 aromatic carbocycles. The van der Waals surface area contributed by atoms with Crippen LogP contribution in [0.1, 0.15) is 11.3 Å². The Morgan fingerprint density at radius 3 is 2.05 bits per heavy atom. The maximum atomic E-state index is 10.5. The summed E-state index contributed by atoms with van der Waals surface area (Å²) >= 11 is 10.2. The maximum absolute atomic E-state index is 10.5. The molecule has 10 heteroatoms. The van der Waals surface area contributed by atoms with Crippen LogP contribution in [-0.4, -0.2) is 16.7 Å². The summed E-state index contributed by atoms with van der Waals surface area (Å²) in [6, 6.07) is 33.7. The van der Waals surface area contributed by atoms with Crippen molar-refractivity contribution in [3.05, 3.63) is 131 Å². The molecule has 0 unspecified atom stereocenters. The third kappa shape index (κ3) is 6.87. The van der Waals surface area contributed by atoms with Crippen LogP contribution < -0.4 is 25.6 Å². The Hall–Kier alpha value is -3.52. The van der Waals surface area contributed by atoms with Crippen LogP contribution in [0.3, 0.4) is 0 Å². The Morgan fingerprint density at radius 1 is 0.951 bits per heavy atom. The van der Waals surface area contributed by atoms with Gasteiger partial charge in [-0.1, -0.05) is 113 Å². The highest BCUT2D eigenvalue weighted by Gasteiger charge is 2.36. The fraction of sp³-hybridized carbons (Fsp3) is 0.0968. The van der Waals surface area contributed by atoms with Crippen LogP contribution in [0.5, 0.6) is 0 Å². The Labute approximate surface area is 249 Å². The molecule has 0 N–H and O–H groups in total. The second-order valence-corrected chi connectivity index (χ2v) is 14.2. The van der Waals surface area contributed by atoms with Crippen LogP contribution in [0, 0.1) is 6.92 Å². The third-order valence-electron chi connectivity index (χ3n) is 6.29. The molecule has 0 aliphatic carbocycles. The second-order valence-electron chi connectivity index (χ2n) is 8.97. The number of nitrogens with zero attached hydrogens (tertiary/aromatic N) is 2. The summed E-state index contributed by atoms with van der Waals surface area (Å²) in [5, 5.41) is 11.2. The van der Waals surface area contributed by atoms with Gasteiger partial charge in [-0.15, -0.1) is 0 Å². The Bertz CT molecular complexity index is 1700. The number of alkyl halides is 3. The Kier molecular flexibility index (Phi) is 9.64. The predicted molar refractivity (Wildman–Crippen MR) is 163 cm³/mol. The average Bonchev–Trinajstić information content (AvgIpc) is 3.25. The van der Waals surface area contributed by atoms with E-state index in [0.717, 1.165) is 16.7 Å². The van der Waals surface area contributed by atoms with Gasteiger partial charge in [-0.3, -0.25) is 0 Å². The van der Waals surface area contributed by atoms with E-state index in [2.05, 4.69) is 147 Å². The van der Waals surface area contributed by atoms with Gasteiger partial charge in [0.15, 0.2) is 5.44 Å². The number of carbonyl (C=O) groups is 1. The van der Waals surface area contributed by atoms with Gasteiger partial charge in [0.2, 0.25) is 0 Å². The number of allylic oxidation sites excluding steroid dienone is 1. The summed E-state index contributed by atoms with van der Waals surface area (Å²) in [5.41, 5.74) is 4.75. The molecule has 0 aliphatic rings. The van der Waals surface area contributed by atoms with E-state index in [1.165, 1.54) is 27.3 Å². The van der Waals surface area contributed by atoms with Crippen LogP contribution in [0.15, 0.2) is 120 Å². The zero-order chi connectivity index (χ0) is 29.6. The molecular weight excluding hydrogens is 632 g/mol. The molecule has 0 saturated carbocycles. The number of imidazole rings is 1. The van der Waals surface area contributed by atoms with Crippen molar-refractivity contribution in [3.63, 3.8) is 0 Å². The van der Waals surface area contributed by atoms with Crippen molar-refractivity contribution in [2.45, 2.75) is 19.6 Å². The van der Waals surface area contributed by atoms with E-state index in [1.807, 2.05) is 6.07 Å². The molecule has 0 fully saturated rings. The van der Waals surface area contributed by atoms with Crippen LogP contribution in [-0.2, 0) is 23.1 Å². The smallest absolute Gasteiger partial charge is 0.430 e. The molecule has 41 heavy (non-hydrogen) atoms. The van der Waals surface area contributed by atoms with Gasteiger partial charge in [0.1, 0.15) is 18.2 Å². The van der Waals surface area contributed by atoms with E-state index >= 15 is 0 Å². The average molecular weight is 657 g/mol. The number of hydrogen-bond donors (Lipinski definition) is 0. The summed E-state index contributed by atoms with van der Waals surface area (Å²) in [4.78, 5) is 8.78. The summed E-state index contributed by atoms with van der Waals surface area (Å²) < 4.78 is 37.3. The predicted octanol–water partition coefficient (Wildman–Crippen LogP) is 5.07. The third-order valence-corrected chi connectivity index (χ3v) is 11.8. The fourth-order valence-corrected chi connectivity index (χ4v) is 9.31. The number of carbonyl (C=O) groups excluding carboxylic acids is 1.